The highest BCUT2D eigenvalue weighted by atomic mass is 32.2. The van der Waals surface area contributed by atoms with Gasteiger partial charge in [-0.25, -0.2) is 17.2 Å². The monoisotopic (exact) mass is 364 g/mol. The Morgan fingerprint density at radius 1 is 1.12 bits per heavy atom. The highest BCUT2D eigenvalue weighted by molar-refractivity contribution is 7.90. The van der Waals surface area contributed by atoms with Crippen molar-refractivity contribution in [3.05, 3.63) is 53.9 Å². The Labute approximate surface area is 146 Å². The zero-order valence-electron chi connectivity index (χ0n) is 14.1. The summed E-state index contributed by atoms with van der Waals surface area (Å²) in [5, 5.41) is 11.5. The maximum atomic E-state index is 12.6. The summed E-state index contributed by atoms with van der Waals surface area (Å²) in [6.07, 6.45) is 2.43. The number of rotatable bonds is 6. The molecule has 0 aliphatic heterocycles. The van der Waals surface area contributed by atoms with Gasteiger partial charge in [-0.3, -0.25) is 4.79 Å². The van der Waals surface area contributed by atoms with Gasteiger partial charge in [0.15, 0.2) is 0 Å². The molecular formula is C17H20N2O5S. The van der Waals surface area contributed by atoms with E-state index < -0.39 is 27.9 Å². The second-order valence-corrected chi connectivity index (χ2v) is 7.92. The van der Waals surface area contributed by atoms with Crippen molar-refractivity contribution in [3.8, 4) is 0 Å². The summed E-state index contributed by atoms with van der Waals surface area (Å²) in [6.45, 7) is 5.19. The van der Waals surface area contributed by atoms with Crippen molar-refractivity contribution in [1.29, 1.82) is 0 Å². The molecule has 1 aromatic heterocycles. The Morgan fingerprint density at radius 2 is 1.72 bits per heavy atom. The van der Waals surface area contributed by atoms with Crippen LogP contribution in [0, 0.1) is 12.8 Å². The molecule has 1 amide bonds. The molecule has 0 fully saturated rings. The van der Waals surface area contributed by atoms with Crippen LogP contribution >= 0.6 is 0 Å². The number of carbonyl (C=O) groups is 2. The zero-order chi connectivity index (χ0) is 18.8. The van der Waals surface area contributed by atoms with Crippen molar-refractivity contribution in [2.45, 2.75) is 31.7 Å². The van der Waals surface area contributed by atoms with E-state index in [4.69, 9.17) is 5.11 Å². The minimum Gasteiger partial charge on any atom is -0.480 e. The first-order valence-electron chi connectivity index (χ1n) is 7.67. The maximum absolute atomic E-state index is 12.6. The molecule has 1 heterocycles. The molecule has 2 N–H and O–H groups in total. The van der Waals surface area contributed by atoms with Crippen molar-refractivity contribution in [1.82, 2.24) is 9.29 Å². The second-order valence-electron chi connectivity index (χ2n) is 6.08. The van der Waals surface area contributed by atoms with E-state index in [-0.39, 0.29) is 16.4 Å². The van der Waals surface area contributed by atoms with Gasteiger partial charge in [0.25, 0.3) is 15.9 Å². The fourth-order valence-electron chi connectivity index (χ4n) is 2.23. The molecule has 0 saturated carbocycles. The molecule has 7 nitrogen and oxygen atoms in total. The molecule has 2 aromatic rings. The van der Waals surface area contributed by atoms with Crippen LogP contribution in [-0.4, -0.2) is 35.4 Å². The lowest BCUT2D eigenvalue weighted by atomic mass is 10.0. The number of nitrogens with one attached hydrogen (secondary N) is 1. The number of nitrogens with zero attached hydrogens (tertiary/aromatic N) is 1. The first-order valence-corrected chi connectivity index (χ1v) is 9.11. The number of aliphatic carboxylic acids is 1. The summed E-state index contributed by atoms with van der Waals surface area (Å²) >= 11 is 0. The van der Waals surface area contributed by atoms with Gasteiger partial charge >= 0.3 is 5.97 Å². The smallest absolute Gasteiger partial charge is 0.326 e. The van der Waals surface area contributed by atoms with Gasteiger partial charge in [0.1, 0.15) is 6.04 Å². The van der Waals surface area contributed by atoms with Gasteiger partial charge < -0.3 is 10.4 Å². The van der Waals surface area contributed by atoms with E-state index in [2.05, 4.69) is 5.32 Å². The number of amides is 1. The third-order valence-electron chi connectivity index (χ3n) is 3.75. The number of carboxylic acids is 1. The predicted molar refractivity (Wildman–Crippen MR) is 91.9 cm³/mol. The second kappa shape index (κ2) is 7.10. The molecule has 25 heavy (non-hydrogen) atoms. The molecule has 0 radical (unpaired) electrons. The van der Waals surface area contributed by atoms with Gasteiger partial charge in [-0.15, -0.1) is 0 Å². The lowest BCUT2D eigenvalue weighted by Crippen LogP contribution is -2.44. The number of hydrogen-bond acceptors (Lipinski definition) is 4. The highest BCUT2D eigenvalue weighted by Gasteiger charge is 2.25. The Hall–Kier alpha value is -2.61. The van der Waals surface area contributed by atoms with Crippen LogP contribution in [0.5, 0.6) is 0 Å². The minimum atomic E-state index is -3.81. The zero-order valence-corrected chi connectivity index (χ0v) is 14.9. The van der Waals surface area contributed by atoms with Crippen LogP contribution in [0.25, 0.3) is 0 Å². The molecule has 0 bridgehead atoms. The molecule has 0 saturated heterocycles. The molecule has 2 rings (SSSR count). The maximum Gasteiger partial charge on any atom is 0.326 e. The van der Waals surface area contributed by atoms with Crippen molar-refractivity contribution in [2.24, 2.45) is 5.92 Å². The largest absolute Gasteiger partial charge is 0.480 e. The third-order valence-corrected chi connectivity index (χ3v) is 5.40. The lowest BCUT2D eigenvalue weighted by molar-refractivity contribution is -0.140. The quantitative estimate of drug-likeness (QED) is 0.814. The van der Waals surface area contributed by atoms with Gasteiger partial charge in [0.05, 0.1) is 10.5 Å². The van der Waals surface area contributed by atoms with E-state index in [1.165, 1.54) is 30.6 Å². The van der Waals surface area contributed by atoms with Crippen LogP contribution in [0.1, 0.15) is 29.8 Å². The summed E-state index contributed by atoms with van der Waals surface area (Å²) in [4.78, 5) is 23.5. The summed E-state index contributed by atoms with van der Waals surface area (Å²) < 4.78 is 26.1. The minimum absolute atomic E-state index is 0.0718. The Morgan fingerprint density at radius 3 is 2.24 bits per heavy atom. The van der Waals surface area contributed by atoms with Crippen LogP contribution in [-0.2, 0) is 14.8 Å². The fourth-order valence-corrected chi connectivity index (χ4v) is 3.43. The molecule has 0 aliphatic carbocycles. The van der Waals surface area contributed by atoms with Crippen molar-refractivity contribution >= 4 is 21.9 Å². The van der Waals surface area contributed by atoms with Crippen molar-refractivity contribution in [3.63, 3.8) is 0 Å². The number of carboxylic acid groups (broad SMARTS) is 1. The average Bonchev–Trinajstić information content (AvgIpc) is 3.03. The van der Waals surface area contributed by atoms with E-state index >= 15 is 0 Å². The van der Waals surface area contributed by atoms with Crippen molar-refractivity contribution in [2.75, 3.05) is 0 Å². The number of hydrogen-bond donors (Lipinski definition) is 2. The summed E-state index contributed by atoms with van der Waals surface area (Å²) in [6, 6.07) is 6.63. The van der Waals surface area contributed by atoms with Gasteiger partial charge in [0.2, 0.25) is 0 Å². The Kier molecular flexibility index (Phi) is 5.32. The number of aromatic nitrogens is 1. The molecule has 1 unspecified atom stereocenters. The van der Waals surface area contributed by atoms with Crippen LogP contribution in [0.15, 0.2) is 47.6 Å². The van der Waals surface area contributed by atoms with Gasteiger partial charge in [-0.2, -0.15) is 0 Å². The third kappa shape index (κ3) is 4.08. The van der Waals surface area contributed by atoms with Crippen LogP contribution in [0.2, 0.25) is 0 Å². The normalized spacial score (nSPS) is 12.8. The summed E-state index contributed by atoms with van der Waals surface area (Å²) in [5.74, 6) is -2.09. The van der Waals surface area contributed by atoms with E-state index in [0.717, 1.165) is 9.54 Å². The molecule has 8 heteroatoms. The summed E-state index contributed by atoms with van der Waals surface area (Å²) in [7, 11) is -3.81. The highest BCUT2D eigenvalue weighted by Crippen LogP contribution is 2.16. The predicted octanol–water partition coefficient (Wildman–Crippen LogP) is 1.87. The molecular weight excluding hydrogens is 344 g/mol. The molecule has 1 atom stereocenters. The summed E-state index contributed by atoms with van der Waals surface area (Å²) in [5.41, 5.74) is 1.00. The molecule has 1 aromatic carbocycles. The average molecular weight is 364 g/mol. The topological polar surface area (TPSA) is 105 Å². The lowest BCUT2D eigenvalue weighted by Gasteiger charge is -2.17. The van der Waals surface area contributed by atoms with Gasteiger partial charge in [0, 0.05) is 12.4 Å². The van der Waals surface area contributed by atoms with Gasteiger partial charge in [-0.1, -0.05) is 31.5 Å². The number of aryl methyl sites for hydroxylation is 1. The molecule has 0 aliphatic rings. The van der Waals surface area contributed by atoms with Crippen LogP contribution in [0.3, 0.4) is 0 Å². The number of carbonyl (C=O) groups excluding carboxylic acids is 1. The SMILES string of the molecule is Cc1ccc(S(=O)(=O)n2ccc(C(=O)NC(C(=O)O)C(C)C)c2)cc1. The van der Waals surface area contributed by atoms with E-state index in [9.17, 15) is 18.0 Å². The fraction of sp³-hybridized carbons (Fsp3) is 0.294. The number of benzene rings is 1. The first-order chi connectivity index (χ1) is 11.6. The van der Waals surface area contributed by atoms with Gasteiger partial charge in [-0.05, 0) is 31.0 Å². The van der Waals surface area contributed by atoms with Crippen LogP contribution < -0.4 is 5.32 Å². The van der Waals surface area contributed by atoms with E-state index in [1.807, 2.05) is 6.92 Å². The van der Waals surface area contributed by atoms with Crippen LogP contribution in [0.4, 0.5) is 0 Å². The van der Waals surface area contributed by atoms with Crippen molar-refractivity contribution < 1.29 is 23.1 Å². The molecule has 134 valence electrons. The Bertz CT molecular complexity index is 882. The first kappa shape index (κ1) is 18.7. The van der Waals surface area contributed by atoms with E-state index in [0.29, 0.717) is 0 Å². The van der Waals surface area contributed by atoms with E-state index in [1.54, 1.807) is 26.0 Å². The molecule has 0 spiro atoms. The Balaban J connectivity index is 2.25. The standard InChI is InChI=1S/C17H20N2O5S/c1-11(2)15(17(21)22)18-16(20)13-8-9-19(10-13)25(23,24)14-6-4-12(3)5-7-14/h4-11,15H,1-3H3,(H,18,20)(H,21,22).